The summed E-state index contributed by atoms with van der Waals surface area (Å²) < 4.78 is 6.37. The van der Waals surface area contributed by atoms with Gasteiger partial charge in [-0.2, -0.15) is 11.8 Å². The Balaban J connectivity index is 1.23. The highest BCUT2D eigenvalue weighted by Gasteiger charge is 2.47. The lowest BCUT2D eigenvalue weighted by Crippen LogP contribution is -2.61. The maximum atomic E-state index is 13.7. The van der Waals surface area contributed by atoms with Gasteiger partial charge in [-0.25, -0.2) is 0 Å². The number of rotatable bonds is 4. The summed E-state index contributed by atoms with van der Waals surface area (Å²) in [4.78, 5) is 18.5. The van der Waals surface area contributed by atoms with Crippen molar-refractivity contribution in [1.29, 1.82) is 0 Å². The van der Waals surface area contributed by atoms with Crippen molar-refractivity contribution in [2.75, 3.05) is 49.6 Å². The summed E-state index contributed by atoms with van der Waals surface area (Å²) in [5.74, 6) is 2.88. The fraction of sp³-hybridized carbons (Fsp3) is 0.708. The quantitative estimate of drug-likeness (QED) is 0.792. The third kappa shape index (κ3) is 4.11. The predicted octanol–water partition coefficient (Wildman–Crippen LogP) is 3.61. The first-order chi connectivity index (χ1) is 14.7. The lowest BCUT2D eigenvalue weighted by Gasteiger charge is -2.49. The predicted molar refractivity (Wildman–Crippen MR) is 123 cm³/mol. The molecule has 6 heteroatoms. The van der Waals surface area contributed by atoms with E-state index in [2.05, 4.69) is 39.0 Å². The van der Waals surface area contributed by atoms with Crippen LogP contribution < -0.4 is 5.32 Å². The van der Waals surface area contributed by atoms with Gasteiger partial charge < -0.3 is 15.0 Å². The number of carbonyl (C=O) groups is 1. The number of hydrogen-bond donors (Lipinski definition) is 1. The second-order valence-electron chi connectivity index (χ2n) is 9.59. The molecule has 1 unspecified atom stereocenters. The van der Waals surface area contributed by atoms with Crippen molar-refractivity contribution in [2.45, 2.75) is 62.1 Å². The number of likely N-dealkylation sites (tertiary alicyclic amines) is 1. The third-order valence-corrected chi connectivity index (χ3v) is 8.83. The molecule has 0 aromatic heterocycles. The molecule has 0 bridgehead atoms. The Morgan fingerprint density at radius 2 is 1.83 bits per heavy atom. The van der Waals surface area contributed by atoms with Gasteiger partial charge in [-0.05, 0) is 50.0 Å². The second-order valence-corrected chi connectivity index (χ2v) is 10.7. The highest BCUT2D eigenvalue weighted by molar-refractivity contribution is 7.99. The first kappa shape index (κ1) is 20.7. The molecule has 3 saturated heterocycles. The van der Waals surface area contributed by atoms with Crippen LogP contribution in [0.3, 0.4) is 0 Å². The Morgan fingerprint density at radius 1 is 1.07 bits per heavy atom. The SMILES string of the molecule is O=C(N1CCC2(CC1)CN(C1CCSC1)CCO2)C1(Nc2ccccc2)CCCC1. The van der Waals surface area contributed by atoms with Crippen LogP contribution in [0, 0.1) is 0 Å². The molecule has 3 heterocycles. The van der Waals surface area contributed by atoms with Crippen molar-refractivity contribution in [3.05, 3.63) is 30.3 Å². The second kappa shape index (κ2) is 8.71. The van der Waals surface area contributed by atoms with Crippen LogP contribution in [0.5, 0.6) is 0 Å². The highest BCUT2D eigenvalue weighted by atomic mass is 32.2. The number of anilines is 1. The maximum absolute atomic E-state index is 13.7. The van der Waals surface area contributed by atoms with Crippen LogP contribution in [0.4, 0.5) is 5.69 Å². The van der Waals surface area contributed by atoms with Crippen LogP contribution in [-0.2, 0) is 9.53 Å². The number of amides is 1. The summed E-state index contributed by atoms with van der Waals surface area (Å²) in [5.41, 5.74) is 0.589. The summed E-state index contributed by atoms with van der Waals surface area (Å²) in [5, 5.41) is 3.63. The van der Waals surface area contributed by atoms with Gasteiger partial charge in [0.2, 0.25) is 5.91 Å². The van der Waals surface area contributed by atoms with Crippen LogP contribution in [0.15, 0.2) is 30.3 Å². The number of carbonyl (C=O) groups excluding carboxylic acids is 1. The van der Waals surface area contributed by atoms with Crippen LogP contribution in [0.25, 0.3) is 0 Å². The van der Waals surface area contributed by atoms with E-state index in [0.717, 1.165) is 83.0 Å². The lowest BCUT2D eigenvalue weighted by atomic mass is 9.86. The topological polar surface area (TPSA) is 44.8 Å². The standard InChI is InChI=1S/C24H35N3O2S/c28-22(24(9-4-5-10-24)25-20-6-2-1-3-7-20)26-13-11-23(12-14-26)19-27(15-16-29-23)21-8-17-30-18-21/h1-3,6-7,21,25H,4-5,8-19H2. The van der Waals surface area contributed by atoms with Gasteiger partial charge in [0.15, 0.2) is 0 Å². The Hall–Kier alpha value is -1.24. The monoisotopic (exact) mass is 429 g/mol. The molecule has 4 aliphatic rings. The van der Waals surface area contributed by atoms with Crippen molar-refractivity contribution >= 4 is 23.4 Å². The first-order valence-corrected chi connectivity index (χ1v) is 12.9. The van der Waals surface area contributed by atoms with Crippen molar-refractivity contribution < 1.29 is 9.53 Å². The molecule has 5 rings (SSSR count). The van der Waals surface area contributed by atoms with Gasteiger partial charge in [0.25, 0.3) is 0 Å². The van der Waals surface area contributed by atoms with E-state index in [1.165, 1.54) is 17.9 Å². The highest BCUT2D eigenvalue weighted by Crippen LogP contribution is 2.38. The minimum absolute atomic E-state index is 0.0437. The number of nitrogens with one attached hydrogen (secondary N) is 1. The third-order valence-electron chi connectivity index (χ3n) is 7.69. The van der Waals surface area contributed by atoms with Gasteiger partial charge in [0, 0.05) is 43.7 Å². The number of piperidine rings is 1. The van der Waals surface area contributed by atoms with E-state index in [-0.39, 0.29) is 5.60 Å². The molecule has 4 fully saturated rings. The first-order valence-electron chi connectivity index (χ1n) is 11.8. The molecule has 1 spiro atoms. The molecule has 1 atom stereocenters. The molecular weight excluding hydrogens is 394 g/mol. The summed E-state index contributed by atoms with van der Waals surface area (Å²) >= 11 is 2.09. The minimum Gasteiger partial charge on any atom is -0.372 e. The van der Waals surface area contributed by atoms with E-state index >= 15 is 0 Å². The van der Waals surface area contributed by atoms with E-state index in [1.54, 1.807) is 0 Å². The van der Waals surface area contributed by atoms with Crippen LogP contribution >= 0.6 is 11.8 Å². The fourth-order valence-electron chi connectivity index (χ4n) is 5.89. The molecule has 1 aromatic carbocycles. The molecule has 30 heavy (non-hydrogen) atoms. The number of nitrogens with zero attached hydrogens (tertiary/aromatic N) is 2. The van der Waals surface area contributed by atoms with Crippen molar-refractivity contribution in [2.24, 2.45) is 0 Å². The smallest absolute Gasteiger partial charge is 0.248 e. The van der Waals surface area contributed by atoms with Gasteiger partial charge >= 0.3 is 0 Å². The van der Waals surface area contributed by atoms with E-state index < -0.39 is 5.54 Å². The molecule has 164 valence electrons. The Kier molecular flexibility index (Phi) is 6.00. The zero-order chi connectivity index (χ0) is 20.4. The number of benzene rings is 1. The summed E-state index contributed by atoms with van der Waals surface area (Å²) in [6, 6.07) is 11.0. The summed E-state index contributed by atoms with van der Waals surface area (Å²) in [6.07, 6.45) is 7.38. The van der Waals surface area contributed by atoms with Gasteiger partial charge in [-0.1, -0.05) is 31.0 Å². The van der Waals surface area contributed by atoms with Gasteiger partial charge in [-0.15, -0.1) is 0 Å². The number of hydrogen-bond acceptors (Lipinski definition) is 5. The molecule has 3 aliphatic heterocycles. The number of ether oxygens (including phenoxy) is 1. The molecule has 0 radical (unpaired) electrons. The average Bonchev–Trinajstić information content (AvgIpc) is 3.48. The molecular formula is C24H35N3O2S. The molecule has 1 amide bonds. The summed E-state index contributed by atoms with van der Waals surface area (Å²) in [6.45, 7) is 4.61. The average molecular weight is 430 g/mol. The van der Waals surface area contributed by atoms with E-state index in [9.17, 15) is 4.79 Å². The number of thioether (sulfide) groups is 1. The van der Waals surface area contributed by atoms with E-state index in [1.807, 2.05) is 18.2 Å². The molecule has 5 nitrogen and oxygen atoms in total. The van der Waals surface area contributed by atoms with Gasteiger partial charge in [0.1, 0.15) is 5.54 Å². The Morgan fingerprint density at radius 3 is 2.53 bits per heavy atom. The Bertz CT molecular complexity index is 723. The number of para-hydroxylation sites is 1. The van der Waals surface area contributed by atoms with Crippen LogP contribution in [0.1, 0.15) is 44.9 Å². The Labute approximate surface area is 184 Å². The van der Waals surface area contributed by atoms with Crippen molar-refractivity contribution in [3.63, 3.8) is 0 Å². The molecule has 1 aromatic rings. The normalized spacial score (nSPS) is 28.7. The van der Waals surface area contributed by atoms with Crippen molar-refractivity contribution in [3.8, 4) is 0 Å². The maximum Gasteiger partial charge on any atom is 0.248 e. The zero-order valence-electron chi connectivity index (χ0n) is 18.0. The molecule has 1 aliphatic carbocycles. The lowest BCUT2D eigenvalue weighted by molar-refractivity contribution is -0.156. The van der Waals surface area contributed by atoms with Crippen molar-refractivity contribution in [1.82, 2.24) is 9.80 Å². The fourth-order valence-corrected chi connectivity index (χ4v) is 7.14. The molecule has 1 saturated carbocycles. The minimum atomic E-state index is -0.424. The zero-order valence-corrected chi connectivity index (χ0v) is 18.8. The molecule has 1 N–H and O–H groups in total. The van der Waals surface area contributed by atoms with Gasteiger partial charge in [-0.3, -0.25) is 9.69 Å². The number of morpholine rings is 1. The van der Waals surface area contributed by atoms with E-state index in [0.29, 0.717) is 5.91 Å². The van der Waals surface area contributed by atoms with E-state index in [4.69, 9.17) is 4.74 Å². The van der Waals surface area contributed by atoms with Gasteiger partial charge in [0.05, 0.1) is 12.2 Å². The van der Waals surface area contributed by atoms with Crippen LogP contribution in [-0.4, -0.2) is 77.2 Å². The largest absolute Gasteiger partial charge is 0.372 e. The van der Waals surface area contributed by atoms with Crippen LogP contribution in [0.2, 0.25) is 0 Å². The summed E-state index contributed by atoms with van der Waals surface area (Å²) in [7, 11) is 0.